The van der Waals surface area contributed by atoms with E-state index in [1.165, 1.54) is 7.11 Å². The zero-order valence-electron chi connectivity index (χ0n) is 21.1. The number of piperidine rings is 1. The van der Waals surface area contributed by atoms with E-state index in [0.717, 1.165) is 48.3 Å². The Kier molecular flexibility index (Phi) is 7.35. The van der Waals surface area contributed by atoms with E-state index in [1.807, 2.05) is 29.9 Å². The fourth-order valence-corrected chi connectivity index (χ4v) is 4.70. The first kappa shape index (κ1) is 24.8. The number of aromatic nitrogens is 4. The van der Waals surface area contributed by atoms with Crippen molar-refractivity contribution in [1.82, 2.24) is 24.6 Å². The van der Waals surface area contributed by atoms with E-state index in [9.17, 15) is 9.59 Å². The van der Waals surface area contributed by atoms with Crippen LogP contribution in [0.15, 0.2) is 30.5 Å². The molecule has 0 atom stereocenters. The van der Waals surface area contributed by atoms with Crippen molar-refractivity contribution >= 4 is 34.7 Å². The summed E-state index contributed by atoms with van der Waals surface area (Å²) in [6, 6.07) is 7.42. The van der Waals surface area contributed by atoms with Crippen molar-refractivity contribution in [3.8, 4) is 11.4 Å². The summed E-state index contributed by atoms with van der Waals surface area (Å²) in [7, 11) is 1.32. The number of methoxy groups -OCH3 is 1. The Bertz CT molecular complexity index is 1250. The Labute approximate surface area is 214 Å². The molecule has 1 N–H and O–H groups in total. The van der Waals surface area contributed by atoms with Gasteiger partial charge in [0.1, 0.15) is 5.82 Å². The second-order valence-corrected chi connectivity index (χ2v) is 8.91. The normalized spacial score (nSPS) is 16.6. The van der Waals surface area contributed by atoms with Gasteiger partial charge in [0, 0.05) is 37.4 Å². The number of likely N-dealkylation sites (tertiary alicyclic amines) is 1. The molecule has 3 aromatic rings. The third-order valence-corrected chi connectivity index (χ3v) is 6.66. The zero-order chi connectivity index (χ0) is 25.8. The quantitative estimate of drug-likeness (QED) is 0.552. The Hall–Kier alpha value is -3.93. The SMILES string of the molecule is CCOC(=O)N1CCC(n2ncc3c(N4CCOCC4)nc(-c4ccc(NC(=O)OC)cc4)nc32)CC1. The highest BCUT2D eigenvalue weighted by Crippen LogP contribution is 2.32. The van der Waals surface area contributed by atoms with Gasteiger partial charge in [0.15, 0.2) is 11.5 Å². The van der Waals surface area contributed by atoms with Crippen LogP contribution in [-0.2, 0) is 14.2 Å². The minimum absolute atomic E-state index is 0.107. The number of carbonyl (C=O) groups is 2. The molecule has 0 saturated carbocycles. The molecule has 0 aliphatic carbocycles. The lowest BCUT2D eigenvalue weighted by atomic mass is 10.1. The number of morpholine rings is 1. The molecule has 1 aromatic carbocycles. The largest absolute Gasteiger partial charge is 0.453 e. The molecule has 196 valence electrons. The van der Waals surface area contributed by atoms with Gasteiger partial charge >= 0.3 is 12.2 Å². The highest BCUT2D eigenvalue weighted by molar-refractivity contribution is 5.89. The molecule has 0 spiro atoms. The molecule has 0 unspecified atom stereocenters. The number of hydrogen-bond acceptors (Lipinski definition) is 9. The lowest BCUT2D eigenvalue weighted by Gasteiger charge is -2.31. The first-order valence-corrected chi connectivity index (χ1v) is 12.5. The number of benzene rings is 1. The molecular formula is C25H31N7O5. The van der Waals surface area contributed by atoms with Gasteiger partial charge in [0.2, 0.25) is 0 Å². The lowest BCUT2D eigenvalue weighted by Crippen LogP contribution is -2.39. The van der Waals surface area contributed by atoms with Gasteiger partial charge in [-0.05, 0) is 44.0 Å². The van der Waals surface area contributed by atoms with E-state index in [-0.39, 0.29) is 12.1 Å². The highest BCUT2D eigenvalue weighted by atomic mass is 16.6. The van der Waals surface area contributed by atoms with Crippen LogP contribution in [0, 0.1) is 0 Å². The van der Waals surface area contributed by atoms with Crippen molar-refractivity contribution in [3.63, 3.8) is 0 Å². The summed E-state index contributed by atoms with van der Waals surface area (Å²) in [6.45, 7) is 6.12. The molecule has 4 heterocycles. The zero-order valence-corrected chi connectivity index (χ0v) is 21.1. The number of fused-ring (bicyclic) bond motifs is 1. The Morgan fingerprint density at radius 2 is 1.81 bits per heavy atom. The van der Waals surface area contributed by atoms with E-state index in [4.69, 9.17) is 24.5 Å². The molecule has 2 amide bonds. The van der Waals surface area contributed by atoms with Gasteiger partial charge < -0.3 is 24.0 Å². The van der Waals surface area contributed by atoms with E-state index in [1.54, 1.807) is 17.0 Å². The smallest absolute Gasteiger partial charge is 0.411 e. The van der Waals surface area contributed by atoms with Gasteiger partial charge in [0.25, 0.3) is 0 Å². The van der Waals surface area contributed by atoms with Gasteiger partial charge in [-0.15, -0.1) is 0 Å². The van der Waals surface area contributed by atoms with E-state index < -0.39 is 6.09 Å². The number of ether oxygens (including phenoxy) is 3. The first-order valence-electron chi connectivity index (χ1n) is 12.5. The number of amides is 2. The first-order chi connectivity index (χ1) is 18.1. The van der Waals surface area contributed by atoms with E-state index in [0.29, 0.717) is 44.4 Å². The minimum Gasteiger partial charge on any atom is -0.453 e. The number of carbonyl (C=O) groups excluding carboxylic acids is 2. The topological polar surface area (TPSA) is 124 Å². The Morgan fingerprint density at radius 1 is 1.08 bits per heavy atom. The number of anilines is 2. The van der Waals surface area contributed by atoms with Crippen LogP contribution < -0.4 is 10.2 Å². The molecule has 2 saturated heterocycles. The fourth-order valence-electron chi connectivity index (χ4n) is 4.70. The molecule has 12 heteroatoms. The molecule has 5 rings (SSSR count). The predicted molar refractivity (Wildman–Crippen MR) is 137 cm³/mol. The maximum Gasteiger partial charge on any atom is 0.411 e. The number of nitrogens with one attached hydrogen (secondary N) is 1. The van der Waals surface area contributed by atoms with Crippen LogP contribution in [0.5, 0.6) is 0 Å². The van der Waals surface area contributed by atoms with Crippen LogP contribution >= 0.6 is 0 Å². The average Bonchev–Trinajstić information content (AvgIpc) is 3.37. The second-order valence-electron chi connectivity index (χ2n) is 8.91. The van der Waals surface area contributed by atoms with Crippen LogP contribution in [0.2, 0.25) is 0 Å². The van der Waals surface area contributed by atoms with Crippen LogP contribution in [0.1, 0.15) is 25.8 Å². The third-order valence-electron chi connectivity index (χ3n) is 6.66. The number of hydrogen-bond donors (Lipinski definition) is 1. The van der Waals surface area contributed by atoms with Crippen molar-refractivity contribution < 1.29 is 23.8 Å². The summed E-state index contributed by atoms with van der Waals surface area (Å²) < 4.78 is 17.4. The van der Waals surface area contributed by atoms with Crippen molar-refractivity contribution in [2.45, 2.75) is 25.8 Å². The van der Waals surface area contributed by atoms with Crippen LogP contribution in [0.3, 0.4) is 0 Å². The van der Waals surface area contributed by atoms with Crippen LogP contribution in [0.4, 0.5) is 21.1 Å². The average molecular weight is 510 g/mol. The summed E-state index contributed by atoms with van der Waals surface area (Å²) >= 11 is 0. The van der Waals surface area contributed by atoms with Crippen LogP contribution in [-0.4, -0.2) is 89.9 Å². The molecular weight excluding hydrogens is 478 g/mol. The number of nitrogens with zero attached hydrogens (tertiary/aromatic N) is 6. The van der Waals surface area contributed by atoms with E-state index >= 15 is 0 Å². The standard InChI is InChI=1S/C25H31N7O5/c1-3-37-25(34)31-10-8-19(9-11-31)32-23-20(16-26-32)22(30-12-14-36-15-13-30)28-21(29-23)17-4-6-18(7-5-17)27-24(33)35-2/h4-7,16,19H,3,8-15H2,1-2H3,(H,27,33). The molecule has 0 bridgehead atoms. The molecule has 0 radical (unpaired) electrons. The van der Waals surface area contributed by atoms with Crippen molar-refractivity contribution in [2.75, 3.05) is 63.3 Å². The molecule has 2 aliphatic heterocycles. The van der Waals surface area contributed by atoms with Gasteiger partial charge in [-0.25, -0.2) is 24.2 Å². The van der Waals surface area contributed by atoms with Crippen molar-refractivity contribution in [3.05, 3.63) is 30.5 Å². The summed E-state index contributed by atoms with van der Waals surface area (Å²) in [5, 5.41) is 8.28. The summed E-state index contributed by atoms with van der Waals surface area (Å²) in [4.78, 5) is 37.5. The molecule has 2 aromatic heterocycles. The monoisotopic (exact) mass is 509 g/mol. The third kappa shape index (κ3) is 5.29. The lowest BCUT2D eigenvalue weighted by molar-refractivity contribution is 0.0919. The maximum absolute atomic E-state index is 12.1. The summed E-state index contributed by atoms with van der Waals surface area (Å²) in [6.07, 6.45) is 2.56. The number of rotatable bonds is 5. The highest BCUT2D eigenvalue weighted by Gasteiger charge is 2.28. The summed E-state index contributed by atoms with van der Waals surface area (Å²) in [5.41, 5.74) is 2.19. The Balaban J connectivity index is 1.47. The van der Waals surface area contributed by atoms with Crippen LogP contribution in [0.25, 0.3) is 22.4 Å². The molecule has 2 fully saturated rings. The van der Waals surface area contributed by atoms with Gasteiger partial charge in [-0.1, -0.05) is 0 Å². The van der Waals surface area contributed by atoms with Gasteiger partial charge in [-0.2, -0.15) is 5.10 Å². The minimum atomic E-state index is -0.530. The molecule has 2 aliphatic rings. The maximum atomic E-state index is 12.1. The second kappa shape index (κ2) is 11.0. The summed E-state index contributed by atoms with van der Waals surface area (Å²) in [5.74, 6) is 1.40. The van der Waals surface area contributed by atoms with Gasteiger partial charge in [0.05, 0.1) is 44.6 Å². The fraction of sp³-hybridized carbons (Fsp3) is 0.480. The van der Waals surface area contributed by atoms with Crippen molar-refractivity contribution in [1.29, 1.82) is 0 Å². The van der Waals surface area contributed by atoms with Crippen molar-refractivity contribution in [2.24, 2.45) is 0 Å². The van der Waals surface area contributed by atoms with E-state index in [2.05, 4.69) is 15.0 Å². The predicted octanol–water partition coefficient (Wildman–Crippen LogP) is 3.30. The Morgan fingerprint density at radius 3 is 2.49 bits per heavy atom. The molecule has 37 heavy (non-hydrogen) atoms. The van der Waals surface area contributed by atoms with Gasteiger partial charge in [-0.3, -0.25) is 5.32 Å². The molecule has 12 nitrogen and oxygen atoms in total.